The van der Waals surface area contributed by atoms with Gasteiger partial charge in [0.05, 0.1) is 11.4 Å². The summed E-state index contributed by atoms with van der Waals surface area (Å²) in [4.78, 5) is 26.8. The lowest BCUT2D eigenvalue weighted by Crippen LogP contribution is -2.54. The van der Waals surface area contributed by atoms with E-state index in [1.54, 1.807) is 36.4 Å². The zero-order chi connectivity index (χ0) is 20.5. The Morgan fingerprint density at radius 1 is 1.11 bits per heavy atom. The lowest BCUT2D eigenvalue weighted by Gasteiger charge is -2.36. The van der Waals surface area contributed by atoms with Crippen molar-refractivity contribution in [3.8, 4) is 0 Å². The number of aryl methyl sites for hydroxylation is 1. The first kappa shape index (κ1) is 19.9. The highest BCUT2D eigenvalue weighted by Crippen LogP contribution is 2.36. The fourth-order valence-electron chi connectivity index (χ4n) is 2.96. The van der Waals surface area contributed by atoms with Gasteiger partial charge >= 0.3 is 6.03 Å². The Morgan fingerprint density at radius 3 is 2.39 bits per heavy atom. The molecule has 0 spiro atoms. The third kappa shape index (κ3) is 3.60. The van der Waals surface area contributed by atoms with Gasteiger partial charge in [0.15, 0.2) is 0 Å². The van der Waals surface area contributed by atoms with Gasteiger partial charge in [0.25, 0.3) is 10.0 Å². The van der Waals surface area contributed by atoms with Crippen LogP contribution in [0.5, 0.6) is 0 Å². The lowest BCUT2D eigenvalue weighted by atomic mass is 10.2. The van der Waals surface area contributed by atoms with Gasteiger partial charge in [-0.3, -0.25) is 9.69 Å². The number of nitrogens with zero attached hydrogens (tertiary/aromatic N) is 2. The second-order valence-corrected chi connectivity index (χ2v) is 8.57. The molecule has 1 aliphatic rings. The highest BCUT2D eigenvalue weighted by atomic mass is 32.2. The van der Waals surface area contributed by atoms with Crippen LogP contribution < -0.4 is 14.5 Å². The van der Waals surface area contributed by atoms with Crippen LogP contribution in [-0.2, 0) is 14.8 Å². The maximum Gasteiger partial charge on any atom is 0.343 e. The van der Waals surface area contributed by atoms with Crippen molar-refractivity contribution >= 4 is 33.3 Å². The molecular formula is C20H23N3O4S. The molecule has 1 atom stereocenters. The quantitative estimate of drug-likeness (QED) is 0.834. The summed E-state index contributed by atoms with van der Waals surface area (Å²) in [5, 5.41) is 2.81. The smallest absolute Gasteiger partial charge is 0.343 e. The van der Waals surface area contributed by atoms with Gasteiger partial charge in [0.1, 0.15) is 11.4 Å². The van der Waals surface area contributed by atoms with Crippen LogP contribution in [-0.4, -0.2) is 32.9 Å². The minimum atomic E-state index is -4.08. The number of benzene rings is 2. The number of amides is 3. The molecule has 1 N–H and O–H groups in total. The van der Waals surface area contributed by atoms with Crippen molar-refractivity contribution in [1.82, 2.24) is 5.32 Å². The lowest BCUT2D eigenvalue weighted by molar-refractivity contribution is -0.120. The maximum atomic E-state index is 13.2. The molecule has 8 heteroatoms. The number of sulfonamides is 1. The molecule has 1 heterocycles. The minimum Gasteiger partial charge on any atom is -0.352 e. The summed E-state index contributed by atoms with van der Waals surface area (Å²) < 4.78 is 27.0. The van der Waals surface area contributed by atoms with Crippen LogP contribution in [0.15, 0.2) is 53.4 Å². The Kier molecular flexibility index (Phi) is 5.42. The molecule has 2 aromatic rings. The number of anilines is 2. The molecule has 0 aromatic heterocycles. The van der Waals surface area contributed by atoms with Crippen molar-refractivity contribution < 1.29 is 18.0 Å². The minimum absolute atomic E-state index is 0.00786. The summed E-state index contributed by atoms with van der Waals surface area (Å²) >= 11 is 0. The van der Waals surface area contributed by atoms with Gasteiger partial charge in [-0.05, 0) is 44.5 Å². The molecule has 3 rings (SSSR count). The van der Waals surface area contributed by atoms with Crippen molar-refractivity contribution in [2.75, 3.05) is 15.7 Å². The van der Waals surface area contributed by atoms with Crippen molar-refractivity contribution in [3.05, 3.63) is 54.1 Å². The Labute approximate surface area is 165 Å². The molecule has 0 saturated heterocycles. The van der Waals surface area contributed by atoms with E-state index >= 15 is 0 Å². The Hall–Kier alpha value is -2.87. The van der Waals surface area contributed by atoms with Crippen LogP contribution in [0.4, 0.5) is 16.2 Å². The zero-order valence-electron chi connectivity index (χ0n) is 16.0. The van der Waals surface area contributed by atoms with Gasteiger partial charge in [-0.25, -0.2) is 13.2 Å². The molecule has 7 nitrogen and oxygen atoms in total. The average Bonchev–Trinajstić information content (AvgIpc) is 2.66. The summed E-state index contributed by atoms with van der Waals surface area (Å²) in [6.45, 7) is 5.42. The van der Waals surface area contributed by atoms with E-state index in [1.807, 2.05) is 20.8 Å². The van der Waals surface area contributed by atoms with E-state index in [4.69, 9.17) is 0 Å². The molecule has 2 aromatic carbocycles. The normalized spacial score (nSPS) is 16.5. The van der Waals surface area contributed by atoms with Crippen LogP contribution in [0.1, 0.15) is 25.8 Å². The molecule has 3 amide bonds. The van der Waals surface area contributed by atoms with Gasteiger partial charge in [-0.15, -0.1) is 0 Å². The van der Waals surface area contributed by atoms with E-state index in [0.717, 1.165) is 16.3 Å². The number of fused-ring (bicyclic) bond motifs is 1. The van der Waals surface area contributed by atoms with Gasteiger partial charge in [-0.2, -0.15) is 4.31 Å². The van der Waals surface area contributed by atoms with Crippen LogP contribution in [0.3, 0.4) is 0 Å². The van der Waals surface area contributed by atoms with Gasteiger partial charge in [-0.1, -0.05) is 36.8 Å². The molecular weight excluding hydrogens is 378 g/mol. The summed E-state index contributed by atoms with van der Waals surface area (Å²) in [5.41, 5.74) is 1.38. The maximum absolute atomic E-state index is 13.2. The predicted molar refractivity (Wildman–Crippen MR) is 108 cm³/mol. The Morgan fingerprint density at radius 2 is 1.75 bits per heavy atom. The van der Waals surface area contributed by atoms with Crippen molar-refractivity contribution in [3.63, 3.8) is 0 Å². The molecule has 0 radical (unpaired) electrons. The van der Waals surface area contributed by atoms with Gasteiger partial charge in [0.2, 0.25) is 5.91 Å². The fraction of sp³-hybridized carbons (Fsp3) is 0.300. The summed E-state index contributed by atoms with van der Waals surface area (Å²) in [5.74, 6) is -0.347. The van der Waals surface area contributed by atoms with E-state index < -0.39 is 16.1 Å². The first-order chi connectivity index (χ1) is 13.3. The molecule has 1 unspecified atom stereocenters. The monoisotopic (exact) mass is 401 g/mol. The third-order valence-corrected chi connectivity index (χ3v) is 6.42. The topological polar surface area (TPSA) is 86.8 Å². The third-order valence-electron chi connectivity index (χ3n) is 4.67. The van der Waals surface area contributed by atoms with E-state index in [2.05, 4.69) is 5.32 Å². The average molecular weight is 401 g/mol. The summed E-state index contributed by atoms with van der Waals surface area (Å²) in [6.07, 6.45) is 0.750. The molecule has 0 aliphatic carbocycles. The van der Waals surface area contributed by atoms with Crippen molar-refractivity contribution in [1.29, 1.82) is 0 Å². The Bertz CT molecular complexity index is 1000. The van der Waals surface area contributed by atoms with Gasteiger partial charge < -0.3 is 5.32 Å². The highest BCUT2D eigenvalue weighted by molar-refractivity contribution is 7.94. The SMILES string of the molecule is CCC(C)NC(=O)CN1C(=O)N(c2ccc(C)cc2)S(=O)(=O)c2ccccc21. The second-order valence-electron chi connectivity index (χ2n) is 6.82. The number of urea groups is 1. The van der Waals surface area contributed by atoms with Crippen molar-refractivity contribution in [2.45, 2.75) is 38.1 Å². The number of hydrogen-bond donors (Lipinski definition) is 1. The summed E-state index contributed by atoms with van der Waals surface area (Å²) in [7, 11) is -4.08. The first-order valence-electron chi connectivity index (χ1n) is 9.07. The standard InChI is InChI=1S/C20H23N3O4S/c1-4-15(3)21-19(24)13-22-17-7-5-6-8-18(17)28(26,27)23(20(22)25)16-11-9-14(2)10-12-16/h5-12,15H,4,13H2,1-3H3,(H,21,24). The summed E-state index contributed by atoms with van der Waals surface area (Å²) in [6, 6.07) is 12.0. The van der Waals surface area contributed by atoms with E-state index in [1.165, 1.54) is 17.0 Å². The van der Waals surface area contributed by atoms with Gasteiger partial charge in [0, 0.05) is 6.04 Å². The zero-order valence-corrected chi connectivity index (χ0v) is 16.9. The number of rotatable bonds is 5. The predicted octanol–water partition coefficient (Wildman–Crippen LogP) is 3.05. The largest absolute Gasteiger partial charge is 0.352 e. The van der Waals surface area contributed by atoms with E-state index in [9.17, 15) is 18.0 Å². The molecule has 0 saturated carbocycles. The molecule has 1 aliphatic heterocycles. The second kappa shape index (κ2) is 7.63. The first-order valence-corrected chi connectivity index (χ1v) is 10.5. The number of carbonyl (C=O) groups excluding carboxylic acids is 2. The highest BCUT2D eigenvalue weighted by Gasteiger charge is 2.42. The van der Waals surface area contributed by atoms with Crippen molar-refractivity contribution in [2.24, 2.45) is 0 Å². The van der Waals surface area contributed by atoms with Crippen LogP contribution in [0.2, 0.25) is 0 Å². The van der Waals surface area contributed by atoms with Crippen LogP contribution >= 0.6 is 0 Å². The fourth-order valence-corrected chi connectivity index (χ4v) is 4.55. The van der Waals surface area contributed by atoms with Crippen LogP contribution in [0, 0.1) is 6.92 Å². The van der Waals surface area contributed by atoms with Crippen LogP contribution in [0.25, 0.3) is 0 Å². The molecule has 28 heavy (non-hydrogen) atoms. The number of hydrogen-bond acceptors (Lipinski definition) is 4. The number of para-hydroxylation sites is 1. The molecule has 0 fully saturated rings. The van der Waals surface area contributed by atoms with E-state index in [-0.39, 0.29) is 34.8 Å². The molecule has 148 valence electrons. The number of nitrogens with one attached hydrogen (secondary N) is 1. The Balaban J connectivity index is 2.06. The molecule has 0 bridgehead atoms. The van der Waals surface area contributed by atoms with E-state index in [0.29, 0.717) is 0 Å². The number of carbonyl (C=O) groups is 2.